The number of carbonyl (C=O) groups is 4. The molecule has 0 aliphatic carbocycles. The van der Waals surface area contributed by atoms with E-state index in [1.165, 1.54) is 0 Å². The van der Waals surface area contributed by atoms with Crippen LogP contribution in [0.3, 0.4) is 0 Å². The smallest absolute Gasteiger partial charge is 0.332 e. The Hall–Kier alpha value is -2.64. The van der Waals surface area contributed by atoms with Crippen LogP contribution >= 0.6 is 0 Å². The van der Waals surface area contributed by atoms with Crippen molar-refractivity contribution in [1.82, 2.24) is 0 Å². The second-order valence-corrected chi connectivity index (χ2v) is 4.78. The van der Waals surface area contributed by atoms with Crippen molar-refractivity contribution in [3.8, 4) is 0 Å². The number of rotatable bonds is 10. The maximum absolute atomic E-state index is 11.0. The molecule has 0 rings (SSSR count). The highest BCUT2D eigenvalue weighted by Crippen LogP contribution is 2.18. The molecule has 0 radical (unpaired) electrons. The molecule has 0 fully saturated rings. The number of hydrogen-bond acceptors (Lipinski definition) is 4. The van der Waals surface area contributed by atoms with Crippen LogP contribution in [0, 0.1) is 0 Å². The average Bonchev–Trinajstić information content (AvgIpc) is 2.48. The molecule has 0 aromatic rings. The second kappa shape index (κ2) is 14.0. The van der Waals surface area contributed by atoms with Gasteiger partial charge in [-0.25, -0.2) is 19.2 Å². The molecule has 0 spiro atoms. The maximum Gasteiger partial charge on any atom is 0.332 e. The molecule has 0 heterocycles. The fourth-order valence-corrected chi connectivity index (χ4v) is 1.62. The predicted octanol–water partition coefficient (Wildman–Crippen LogP) is 2.54. The number of carboxylic acids is 4. The molecule has 0 bridgehead atoms. The number of carboxylic acid groups (broad SMARTS) is 4. The van der Waals surface area contributed by atoms with Gasteiger partial charge in [-0.05, 0) is 25.7 Å². The highest BCUT2D eigenvalue weighted by Gasteiger charge is 2.18. The lowest BCUT2D eigenvalue weighted by Gasteiger charge is -2.08. The number of aliphatic carboxylic acids is 4. The van der Waals surface area contributed by atoms with Crippen molar-refractivity contribution in [3.63, 3.8) is 0 Å². The van der Waals surface area contributed by atoms with Gasteiger partial charge in [0.2, 0.25) is 0 Å². The molecule has 4 N–H and O–H groups in total. The number of unbranched alkanes of at least 4 members (excludes halogenated alkanes) is 2. The third-order valence-corrected chi connectivity index (χ3v) is 2.81. The molecular weight excluding hydrogens is 320 g/mol. The van der Waals surface area contributed by atoms with Crippen molar-refractivity contribution >= 4 is 23.9 Å². The van der Waals surface area contributed by atoms with Crippen LogP contribution < -0.4 is 0 Å². The van der Waals surface area contributed by atoms with E-state index in [9.17, 15) is 19.2 Å². The van der Waals surface area contributed by atoms with Gasteiger partial charge in [0.25, 0.3) is 0 Å². The summed E-state index contributed by atoms with van der Waals surface area (Å²) in [4.78, 5) is 41.1. The standard InChI is InChI=1S/C12H20O4.C4H4O4/c1-3-5-7-9(11(13)14)10(12(15)16)8-6-4-2;5-3(6)1-2-4(7)8/h3-8H2,1-2H3,(H,13,14)(H,15,16);1-2H,(H,5,6)(H,7,8)/b10-9+;2-1+. The Balaban J connectivity index is 0. The van der Waals surface area contributed by atoms with Gasteiger partial charge in [0.1, 0.15) is 0 Å². The lowest BCUT2D eigenvalue weighted by atomic mass is 9.98. The topological polar surface area (TPSA) is 149 Å². The van der Waals surface area contributed by atoms with Crippen LogP contribution in [-0.2, 0) is 19.2 Å². The van der Waals surface area contributed by atoms with Gasteiger partial charge >= 0.3 is 23.9 Å². The Morgan fingerprint density at radius 2 is 0.958 bits per heavy atom. The van der Waals surface area contributed by atoms with Gasteiger partial charge in [-0.15, -0.1) is 0 Å². The zero-order valence-corrected chi connectivity index (χ0v) is 13.8. The van der Waals surface area contributed by atoms with E-state index in [0.29, 0.717) is 37.8 Å². The summed E-state index contributed by atoms with van der Waals surface area (Å²) in [6, 6.07) is 0. The van der Waals surface area contributed by atoms with Crippen molar-refractivity contribution in [1.29, 1.82) is 0 Å². The summed E-state index contributed by atoms with van der Waals surface area (Å²) in [5.41, 5.74) is 0.144. The summed E-state index contributed by atoms with van der Waals surface area (Å²) >= 11 is 0. The van der Waals surface area contributed by atoms with Gasteiger partial charge in [-0.1, -0.05) is 26.7 Å². The molecule has 0 aliphatic heterocycles. The Bertz CT molecular complexity index is 458. The van der Waals surface area contributed by atoms with E-state index < -0.39 is 23.9 Å². The SMILES string of the molecule is CCCC/C(C(=O)O)=C(/CCCC)C(=O)O.O=C(O)/C=C/C(=O)O. The molecule has 8 heteroatoms. The Morgan fingerprint density at radius 1 is 0.667 bits per heavy atom. The second-order valence-electron chi connectivity index (χ2n) is 4.78. The van der Waals surface area contributed by atoms with Gasteiger partial charge in [0.15, 0.2) is 0 Å². The van der Waals surface area contributed by atoms with Gasteiger partial charge in [-0.2, -0.15) is 0 Å². The van der Waals surface area contributed by atoms with Crippen LogP contribution in [-0.4, -0.2) is 44.3 Å². The summed E-state index contributed by atoms with van der Waals surface area (Å²) in [5.74, 6) is -4.70. The van der Waals surface area contributed by atoms with E-state index in [4.69, 9.17) is 20.4 Å². The first-order valence-electron chi connectivity index (χ1n) is 7.49. The van der Waals surface area contributed by atoms with Crippen LogP contribution in [0.1, 0.15) is 52.4 Å². The third kappa shape index (κ3) is 13.1. The van der Waals surface area contributed by atoms with Crippen molar-refractivity contribution < 1.29 is 39.6 Å². The zero-order valence-electron chi connectivity index (χ0n) is 13.8. The Morgan fingerprint density at radius 3 is 1.12 bits per heavy atom. The molecule has 0 unspecified atom stereocenters. The van der Waals surface area contributed by atoms with Gasteiger partial charge in [0, 0.05) is 23.3 Å². The molecule has 0 aromatic heterocycles. The summed E-state index contributed by atoms with van der Waals surface area (Å²) in [5, 5.41) is 33.6. The van der Waals surface area contributed by atoms with E-state index >= 15 is 0 Å². The Kier molecular flexibility index (Phi) is 13.8. The lowest BCUT2D eigenvalue weighted by molar-refractivity contribution is -0.136. The van der Waals surface area contributed by atoms with Crippen molar-refractivity contribution in [2.24, 2.45) is 0 Å². The van der Waals surface area contributed by atoms with Crippen LogP contribution in [0.25, 0.3) is 0 Å². The van der Waals surface area contributed by atoms with Gasteiger partial charge in [0.05, 0.1) is 0 Å². The molecule has 0 aromatic carbocycles. The first-order chi connectivity index (χ1) is 11.2. The molecule has 0 aliphatic rings. The van der Waals surface area contributed by atoms with Crippen molar-refractivity contribution in [2.45, 2.75) is 52.4 Å². The average molecular weight is 344 g/mol. The largest absolute Gasteiger partial charge is 0.478 e. The highest BCUT2D eigenvalue weighted by molar-refractivity contribution is 5.98. The van der Waals surface area contributed by atoms with Crippen LogP contribution in [0.5, 0.6) is 0 Å². The Labute approximate surface area is 140 Å². The molecule has 0 saturated heterocycles. The maximum atomic E-state index is 11.0. The van der Waals surface area contributed by atoms with Crippen molar-refractivity contribution in [3.05, 3.63) is 23.3 Å². The van der Waals surface area contributed by atoms with Crippen LogP contribution in [0.4, 0.5) is 0 Å². The molecule has 24 heavy (non-hydrogen) atoms. The van der Waals surface area contributed by atoms with E-state index in [1.807, 2.05) is 13.8 Å². The minimum Gasteiger partial charge on any atom is -0.478 e. The van der Waals surface area contributed by atoms with E-state index in [0.717, 1.165) is 12.8 Å². The summed E-state index contributed by atoms with van der Waals surface area (Å²) in [6.07, 6.45) is 4.95. The fourth-order valence-electron chi connectivity index (χ4n) is 1.62. The molecule has 0 amide bonds. The lowest BCUT2D eigenvalue weighted by Crippen LogP contribution is -2.11. The van der Waals surface area contributed by atoms with Crippen LogP contribution in [0.15, 0.2) is 23.3 Å². The van der Waals surface area contributed by atoms with E-state index in [2.05, 4.69) is 0 Å². The number of hydrogen-bond donors (Lipinski definition) is 4. The summed E-state index contributed by atoms with van der Waals surface area (Å²) < 4.78 is 0. The summed E-state index contributed by atoms with van der Waals surface area (Å²) in [7, 11) is 0. The predicted molar refractivity (Wildman–Crippen MR) is 85.8 cm³/mol. The molecule has 8 nitrogen and oxygen atoms in total. The van der Waals surface area contributed by atoms with E-state index in [1.54, 1.807) is 0 Å². The van der Waals surface area contributed by atoms with Gasteiger partial charge in [-0.3, -0.25) is 0 Å². The monoisotopic (exact) mass is 344 g/mol. The normalized spacial score (nSPS) is 11.2. The fraction of sp³-hybridized carbons (Fsp3) is 0.500. The van der Waals surface area contributed by atoms with E-state index in [-0.39, 0.29) is 11.1 Å². The first kappa shape index (κ1) is 23.6. The first-order valence-corrected chi connectivity index (χ1v) is 7.49. The zero-order chi connectivity index (χ0) is 19.1. The van der Waals surface area contributed by atoms with Crippen LogP contribution in [0.2, 0.25) is 0 Å². The molecule has 0 atom stereocenters. The minimum atomic E-state index is -1.26. The quantitative estimate of drug-likeness (QED) is 0.442. The third-order valence-electron chi connectivity index (χ3n) is 2.81. The molecular formula is C16H24O8. The van der Waals surface area contributed by atoms with Crippen molar-refractivity contribution in [2.75, 3.05) is 0 Å². The summed E-state index contributed by atoms with van der Waals surface area (Å²) in [6.45, 7) is 3.90. The molecule has 0 saturated carbocycles. The highest BCUT2D eigenvalue weighted by atomic mass is 16.4. The minimum absolute atomic E-state index is 0.0720. The molecule has 136 valence electrons. The van der Waals surface area contributed by atoms with Gasteiger partial charge < -0.3 is 20.4 Å².